The van der Waals surface area contributed by atoms with Crippen LogP contribution in [0, 0.1) is 17.3 Å². The van der Waals surface area contributed by atoms with Gasteiger partial charge in [-0.1, -0.05) is 27.7 Å². The van der Waals surface area contributed by atoms with Gasteiger partial charge >= 0.3 is 12.1 Å². The lowest BCUT2D eigenvalue weighted by atomic mass is 9.68. The zero-order chi connectivity index (χ0) is 14.1. The summed E-state index contributed by atoms with van der Waals surface area (Å²) in [6, 6.07) is 0. The SMILES string of the molecule is CC(C)C1(C(C)C)CCN(OC(=O)C(F)(F)F)C1. The third kappa shape index (κ3) is 2.96. The van der Waals surface area contributed by atoms with E-state index in [0.29, 0.717) is 24.9 Å². The Labute approximate surface area is 105 Å². The van der Waals surface area contributed by atoms with Crippen LogP contribution in [0.15, 0.2) is 0 Å². The van der Waals surface area contributed by atoms with E-state index < -0.39 is 12.1 Å². The van der Waals surface area contributed by atoms with Gasteiger partial charge in [-0.15, -0.1) is 5.06 Å². The van der Waals surface area contributed by atoms with Crippen molar-refractivity contribution >= 4 is 5.97 Å². The standard InChI is InChI=1S/C12H20F3NO2/c1-8(2)11(9(3)4)5-6-16(7-11)18-10(17)12(13,14)15/h8-9H,5-7H2,1-4H3. The molecule has 0 aromatic heterocycles. The second-order valence-corrected chi connectivity index (χ2v) is 5.53. The smallest absolute Gasteiger partial charge is 0.361 e. The molecule has 0 saturated carbocycles. The first kappa shape index (κ1) is 15.3. The van der Waals surface area contributed by atoms with Crippen LogP contribution in [0.4, 0.5) is 13.2 Å². The van der Waals surface area contributed by atoms with Crippen molar-refractivity contribution in [3.8, 4) is 0 Å². The largest absolute Gasteiger partial charge is 0.492 e. The molecule has 106 valence electrons. The fraction of sp³-hybridized carbons (Fsp3) is 0.917. The number of carbonyl (C=O) groups is 1. The van der Waals surface area contributed by atoms with Crippen LogP contribution < -0.4 is 0 Å². The first-order valence-corrected chi connectivity index (χ1v) is 6.13. The molecule has 0 atom stereocenters. The highest BCUT2D eigenvalue weighted by Crippen LogP contribution is 2.44. The summed E-state index contributed by atoms with van der Waals surface area (Å²) in [6.07, 6.45) is -4.19. The summed E-state index contributed by atoms with van der Waals surface area (Å²) in [7, 11) is 0. The van der Waals surface area contributed by atoms with E-state index in [0.717, 1.165) is 11.5 Å². The Balaban J connectivity index is 2.68. The number of rotatable bonds is 3. The molecule has 0 aromatic carbocycles. The predicted molar refractivity (Wildman–Crippen MR) is 60.4 cm³/mol. The van der Waals surface area contributed by atoms with E-state index in [4.69, 9.17) is 0 Å². The van der Waals surface area contributed by atoms with Gasteiger partial charge in [0.1, 0.15) is 0 Å². The van der Waals surface area contributed by atoms with E-state index in [1.807, 2.05) is 0 Å². The summed E-state index contributed by atoms with van der Waals surface area (Å²) >= 11 is 0. The lowest BCUT2D eigenvalue weighted by Gasteiger charge is -2.37. The number of hydrogen-bond acceptors (Lipinski definition) is 3. The van der Waals surface area contributed by atoms with E-state index in [9.17, 15) is 18.0 Å². The number of hydrogen-bond donors (Lipinski definition) is 0. The number of nitrogens with zero attached hydrogens (tertiary/aromatic N) is 1. The fourth-order valence-electron chi connectivity index (χ4n) is 2.68. The molecule has 3 nitrogen and oxygen atoms in total. The van der Waals surface area contributed by atoms with Crippen molar-refractivity contribution in [2.45, 2.75) is 40.3 Å². The normalized spacial score (nSPS) is 20.7. The van der Waals surface area contributed by atoms with Crippen molar-refractivity contribution in [1.29, 1.82) is 0 Å². The lowest BCUT2D eigenvalue weighted by molar-refractivity contribution is -0.236. The molecule has 0 N–H and O–H groups in total. The van der Waals surface area contributed by atoms with E-state index >= 15 is 0 Å². The van der Waals surface area contributed by atoms with Crippen molar-refractivity contribution in [2.24, 2.45) is 17.3 Å². The maximum atomic E-state index is 12.1. The molecule has 1 rings (SSSR count). The van der Waals surface area contributed by atoms with Crippen molar-refractivity contribution < 1.29 is 22.8 Å². The molecule has 18 heavy (non-hydrogen) atoms. The van der Waals surface area contributed by atoms with Gasteiger partial charge in [-0.3, -0.25) is 0 Å². The number of alkyl halides is 3. The molecule has 0 aliphatic carbocycles. The van der Waals surface area contributed by atoms with Crippen LogP contribution in [0.3, 0.4) is 0 Å². The van der Waals surface area contributed by atoms with E-state index in [1.165, 1.54) is 0 Å². The molecule has 6 heteroatoms. The van der Waals surface area contributed by atoms with Gasteiger partial charge < -0.3 is 4.84 Å². The summed E-state index contributed by atoms with van der Waals surface area (Å²) in [5, 5.41) is 1.15. The molecule has 1 saturated heterocycles. The average molecular weight is 267 g/mol. The number of halogens is 3. The van der Waals surface area contributed by atoms with Crippen LogP contribution in [0.1, 0.15) is 34.1 Å². The third-order valence-electron chi connectivity index (χ3n) is 4.04. The molecule has 0 aromatic rings. The molecule has 0 amide bonds. The van der Waals surface area contributed by atoms with E-state index in [1.54, 1.807) is 0 Å². The van der Waals surface area contributed by atoms with Crippen molar-refractivity contribution in [2.75, 3.05) is 13.1 Å². The predicted octanol–water partition coefficient (Wildman–Crippen LogP) is 3.01. The quantitative estimate of drug-likeness (QED) is 0.787. The highest BCUT2D eigenvalue weighted by Gasteiger charge is 2.48. The molecule has 0 radical (unpaired) electrons. The Morgan fingerprint density at radius 3 is 2.06 bits per heavy atom. The molecule has 1 aliphatic rings. The molecule has 0 spiro atoms. The highest BCUT2D eigenvalue weighted by atomic mass is 19.4. The van der Waals surface area contributed by atoms with Crippen molar-refractivity contribution in [1.82, 2.24) is 5.06 Å². The van der Waals surface area contributed by atoms with Gasteiger partial charge in [0, 0.05) is 13.1 Å². The first-order valence-electron chi connectivity index (χ1n) is 6.13. The summed E-state index contributed by atoms with van der Waals surface area (Å²) in [5.41, 5.74) is -0.0914. The third-order valence-corrected chi connectivity index (χ3v) is 4.04. The van der Waals surface area contributed by atoms with Crippen LogP contribution in [0.25, 0.3) is 0 Å². The lowest BCUT2D eigenvalue weighted by Crippen LogP contribution is -2.39. The Morgan fingerprint density at radius 1 is 1.22 bits per heavy atom. The number of carbonyl (C=O) groups excluding carboxylic acids is 1. The molecule has 0 unspecified atom stereocenters. The minimum absolute atomic E-state index is 0.0914. The summed E-state index contributed by atoms with van der Waals surface area (Å²) in [5.74, 6) is -1.48. The molecule has 0 bridgehead atoms. The van der Waals surface area contributed by atoms with Gasteiger partial charge in [-0.05, 0) is 23.7 Å². The monoisotopic (exact) mass is 267 g/mol. The van der Waals surface area contributed by atoms with Crippen LogP contribution in [0.5, 0.6) is 0 Å². The van der Waals surface area contributed by atoms with Gasteiger partial charge in [0.15, 0.2) is 0 Å². The van der Waals surface area contributed by atoms with E-state index in [2.05, 4.69) is 32.5 Å². The Morgan fingerprint density at radius 2 is 1.72 bits per heavy atom. The molecule has 1 aliphatic heterocycles. The Hall–Kier alpha value is -0.780. The minimum atomic E-state index is -4.93. The Bertz CT molecular complexity index is 305. The summed E-state index contributed by atoms with van der Waals surface area (Å²) < 4.78 is 36.3. The van der Waals surface area contributed by atoms with Crippen molar-refractivity contribution in [3.05, 3.63) is 0 Å². The molecule has 1 heterocycles. The van der Waals surface area contributed by atoms with E-state index in [-0.39, 0.29) is 5.41 Å². The van der Waals surface area contributed by atoms with Crippen LogP contribution in [-0.4, -0.2) is 30.3 Å². The van der Waals surface area contributed by atoms with Gasteiger partial charge in [-0.25, -0.2) is 4.79 Å². The fourth-order valence-corrected chi connectivity index (χ4v) is 2.68. The maximum absolute atomic E-state index is 12.1. The molecule has 1 fully saturated rings. The van der Waals surface area contributed by atoms with Gasteiger partial charge in [-0.2, -0.15) is 13.2 Å². The maximum Gasteiger partial charge on any atom is 0.492 e. The topological polar surface area (TPSA) is 29.5 Å². The molecular formula is C12H20F3NO2. The van der Waals surface area contributed by atoms with Crippen LogP contribution in [0.2, 0.25) is 0 Å². The highest BCUT2D eigenvalue weighted by molar-refractivity contribution is 5.75. The van der Waals surface area contributed by atoms with Gasteiger partial charge in [0.2, 0.25) is 0 Å². The van der Waals surface area contributed by atoms with Crippen molar-refractivity contribution in [3.63, 3.8) is 0 Å². The second kappa shape index (κ2) is 5.07. The first-order chi connectivity index (χ1) is 8.09. The summed E-state index contributed by atoms with van der Waals surface area (Å²) in [6.45, 7) is 8.93. The second-order valence-electron chi connectivity index (χ2n) is 5.53. The van der Waals surface area contributed by atoms with Crippen LogP contribution >= 0.6 is 0 Å². The Kier molecular flexibility index (Phi) is 4.30. The zero-order valence-electron chi connectivity index (χ0n) is 11.2. The van der Waals surface area contributed by atoms with Gasteiger partial charge in [0.05, 0.1) is 0 Å². The zero-order valence-corrected chi connectivity index (χ0v) is 11.2. The van der Waals surface area contributed by atoms with Crippen LogP contribution in [-0.2, 0) is 9.63 Å². The van der Waals surface area contributed by atoms with Gasteiger partial charge in [0.25, 0.3) is 0 Å². The number of hydroxylamine groups is 2. The minimum Gasteiger partial charge on any atom is -0.361 e. The average Bonchev–Trinajstić information content (AvgIpc) is 2.61. The molecular weight excluding hydrogens is 247 g/mol. The summed E-state index contributed by atoms with van der Waals surface area (Å²) in [4.78, 5) is 15.2.